The minimum atomic E-state index is -2.24. The summed E-state index contributed by atoms with van der Waals surface area (Å²) in [4.78, 5) is 26.6. The Hall–Kier alpha value is 0.439. The second-order valence-electron chi connectivity index (χ2n) is 13.4. The molecular formula is C36H71O4S2Sn. The molecule has 0 fully saturated rings. The quantitative estimate of drug-likeness (QED) is 0.0251. The first-order valence-corrected chi connectivity index (χ1v) is 25.4. The summed E-state index contributed by atoms with van der Waals surface area (Å²) in [5, 5.41) is 0. The van der Waals surface area contributed by atoms with E-state index in [1.54, 1.807) is 0 Å². The van der Waals surface area contributed by atoms with Crippen LogP contribution in [0.4, 0.5) is 0 Å². The van der Waals surface area contributed by atoms with Gasteiger partial charge in [-0.3, -0.25) is 0 Å². The number of unbranched alkanes of at least 4 members (excludes halogenated alkanes) is 14. The summed E-state index contributed by atoms with van der Waals surface area (Å²) >= 11 is 3.91. The van der Waals surface area contributed by atoms with Crippen molar-refractivity contribution in [2.75, 3.05) is 13.2 Å². The zero-order chi connectivity index (χ0) is 32.1. The summed E-state index contributed by atoms with van der Waals surface area (Å²) in [6.45, 7) is 14.5. The SMILES string of the molecule is CCCCCCC[CH2][Sn]([CH2]CCCCCCC)[C@H](SC(S)C(=O)OCCCCCC(C)C)C(=O)OCCCCCC(C)C. The summed E-state index contributed by atoms with van der Waals surface area (Å²) in [6.07, 6.45) is 24.1. The first-order valence-electron chi connectivity index (χ1n) is 18.2. The Morgan fingerprint density at radius 3 is 1.42 bits per heavy atom. The molecule has 1 unspecified atom stereocenters. The molecule has 0 aliphatic carbocycles. The Bertz CT molecular complexity index is 631. The Morgan fingerprint density at radius 2 is 0.977 bits per heavy atom. The Morgan fingerprint density at radius 1 is 0.581 bits per heavy atom. The standard InChI is InChI=1S/C20H37O4S2.2C8H17.Sn/c1-16(2)11-7-5-9-13-23-18(21)15-26-20(25)19(22)24-14-10-6-8-12-17(3)4;2*1-3-5-7-8-6-4-2;/h15-17,20,25H,5-14H2,1-4H3;2*1,3-8H2,2H3;. The predicted octanol–water partition coefficient (Wildman–Crippen LogP) is 11.6. The summed E-state index contributed by atoms with van der Waals surface area (Å²) in [5.74, 6) is 1.07. The van der Waals surface area contributed by atoms with Crippen LogP contribution < -0.4 is 0 Å². The normalized spacial score (nSPS) is 13.2. The van der Waals surface area contributed by atoms with Gasteiger partial charge in [0.2, 0.25) is 0 Å². The van der Waals surface area contributed by atoms with E-state index in [1.807, 2.05) is 0 Å². The number of hydrogen-bond donors (Lipinski definition) is 1. The van der Waals surface area contributed by atoms with Gasteiger partial charge < -0.3 is 0 Å². The average Bonchev–Trinajstić information content (AvgIpc) is 2.97. The van der Waals surface area contributed by atoms with Gasteiger partial charge in [0.15, 0.2) is 0 Å². The van der Waals surface area contributed by atoms with Crippen LogP contribution >= 0.6 is 24.4 Å². The molecule has 7 heteroatoms. The van der Waals surface area contributed by atoms with Crippen molar-refractivity contribution in [2.45, 2.75) is 187 Å². The second-order valence-corrected chi connectivity index (χ2v) is 24.9. The van der Waals surface area contributed by atoms with Crippen LogP contribution in [0, 0.1) is 11.8 Å². The molecule has 0 aromatic heterocycles. The van der Waals surface area contributed by atoms with Gasteiger partial charge in [0.25, 0.3) is 0 Å². The van der Waals surface area contributed by atoms with E-state index in [0.29, 0.717) is 25.0 Å². The van der Waals surface area contributed by atoms with Gasteiger partial charge in [0, 0.05) is 0 Å². The molecule has 2 atom stereocenters. The molecular weight excluding hydrogens is 679 g/mol. The summed E-state index contributed by atoms with van der Waals surface area (Å²) in [5.41, 5.74) is 0. The van der Waals surface area contributed by atoms with Gasteiger partial charge in [-0.2, -0.15) is 0 Å². The third kappa shape index (κ3) is 27.3. The minimum absolute atomic E-state index is 0.0687. The number of thiol groups is 1. The molecule has 0 aliphatic heterocycles. The molecule has 0 aromatic rings. The van der Waals surface area contributed by atoms with Crippen LogP contribution in [0.25, 0.3) is 0 Å². The van der Waals surface area contributed by atoms with Crippen molar-refractivity contribution < 1.29 is 19.1 Å². The topological polar surface area (TPSA) is 52.6 Å². The van der Waals surface area contributed by atoms with E-state index >= 15 is 0 Å². The zero-order valence-electron chi connectivity index (χ0n) is 29.3. The molecule has 1 radical (unpaired) electrons. The molecule has 4 nitrogen and oxygen atoms in total. The molecule has 255 valence electrons. The van der Waals surface area contributed by atoms with E-state index < -0.39 is 24.3 Å². The molecule has 0 saturated heterocycles. The number of esters is 2. The van der Waals surface area contributed by atoms with Crippen LogP contribution in [0.2, 0.25) is 8.87 Å². The molecule has 0 spiro atoms. The first-order chi connectivity index (χ1) is 20.7. The molecule has 0 bridgehead atoms. The number of rotatable bonds is 31. The van der Waals surface area contributed by atoms with Crippen molar-refractivity contribution in [1.82, 2.24) is 0 Å². The fraction of sp³-hybridized carbons (Fsp3) is 0.944. The van der Waals surface area contributed by atoms with Crippen molar-refractivity contribution in [3.8, 4) is 0 Å². The van der Waals surface area contributed by atoms with Gasteiger partial charge >= 0.3 is 287 Å². The number of carbonyl (C=O) groups is 2. The van der Waals surface area contributed by atoms with Crippen LogP contribution in [-0.2, 0) is 19.1 Å². The maximum absolute atomic E-state index is 13.6. The number of carbonyl (C=O) groups excluding carboxylic acids is 2. The van der Waals surface area contributed by atoms with Crippen LogP contribution in [0.15, 0.2) is 0 Å². The van der Waals surface area contributed by atoms with Crippen molar-refractivity contribution in [3.05, 3.63) is 0 Å². The Labute approximate surface area is 285 Å². The van der Waals surface area contributed by atoms with E-state index in [1.165, 1.54) is 123 Å². The molecule has 0 amide bonds. The maximum atomic E-state index is 13.6. The van der Waals surface area contributed by atoms with Crippen molar-refractivity contribution in [1.29, 1.82) is 0 Å². The van der Waals surface area contributed by atoms with Crippen LogP contribution in [0.1, 0.15) is 170 Å². The molecule has 0 rings (SSSR count). The fourth-order valence-electron chi connectivity index (χ4n) is 5.31. The summed E-state index contributed by atoms with van der Waals surface area (Å²) < 4.78 is 13.2. The second kappa shape index (κ2) is 31.1. The van der Waals surface area contributed by atoms with Gasteiger partial charge in [-0.15, -0.1) is 0 Å². The third-order valence-electron chi connectivity index (χ3n) is 8.09. The van der Waals surface area contributed by atoms with Gasteiger partial charge in [-0.1, -0.05) is 0 Å². The van der Waals surface area contributed by atoms with E-state index in [0.717, 1.165) is 25.7 Å². The van der Waals surface area contributed by atoms with E-state index in [2.05, 4.69) is 54.2 Å². The average molecular weight is 751 g/mol. The van der Waals surface area contributed by atoms with Crippen LogP contribution in [0.5, 0.6) is 0 Å². The molecule has 0 saturated carbocycles. The van der Waals surface area contributed by atoms with Crippen LogP contribution in [0.3, 0.4) is 0 Å². The van der Waals surface area contributed by atoms with Crippen molar-refractivity contribution in [2.24, 2.45) is 11.8 Å². The summed E-state index contributed by atoms with van der Waals surface area (Å²) in [7, 11) is 0. The predicted molar refractivity (Wildman–Crippen MR) is 195 cm³/mol. The van der Waals surface area contributed by atoms with Crippen molar-refractivity contribution in [3.63, 3.8) is 0 Å². The van der Waals surface area contributed by atoms with Crippen molar-refractivity contribution >= 4 is 56.1 Å². The summed E-state index contributed by atoms with van der Waals surface area (Å²) in [6, 6.07) is 0. The molecule has 0 N–H and O–H groups in total. The fourth-order valence-corrected chi connectivity index (χ4v) is 19.4. The first kappa shape index (κ1) is 43.4. The number of thioether (sulfide) groups is 1. The van der Waals surface area contributed by atoms with Gasteiger partial charge in [-0.25, -0.2) is 0 Å². The molecule has 0 heterocycles. The number of hydrogen-bond acceptors (Lipinski definition) is 6. The van der Waals surface area contributed by atoms with Gasteiger partial charge in [0.05, 0.1) is 0 Å². The van der Waals surface area contributed by atoms with Gasteiger partial charge in [-0.05, 0) is 0 Å². The van der Waals surface area contributed by atoms with E-state index in [9.17, 15) is 9.59 Å². The van der Waals surface area contributed by atoms with Crippen LogP contribution in [-0.4, -0.2) is 52.8 Å². The Balaban J connectivity index is 5.26. The van der Waals surface area contributed by atoms with Gasteiger partial charge in [0.1, 0.15) is 0 Å². The Kier molecular flexibility index (Phi) is 31.4. The third-order valence-corrected chi connectivity index (χ3v) is 21.5. The van der Waals surface area contributed by atoms with E-state index in [4.69, 9.17) is 9.47 Å². The number of ether oxygens (including phenoxy) is 2. The monoisotopic (exact) mass is 751 g/mol. The van der Waals surface area contributed by atoms with E-state index in [-0.39, 0.29) is 15.2 Å². The molecule has 0 aromatic carbocycles. The molecule has 43 heavy (non-hydrogen) atoms. The zero-order valence-corrected chi connectivity index (χ0v) is 33.8. The molecule has 0 aliphatic rings.